The van der Waals surface area contributed by atoms with Gasteiger partial charge >= 0.3 is 0 Å². The van der Waals surface area contributed by atoms with Gasteiger partial charge < -0.3 is 24.8 Å². The molecule has 8 nitrogen and oxygen atoms in total. The Hall–Kier alpha value is -2.61. The summed E-state index contributed by atoms with van der Waals surface area (Å²) in [6, 6.07) is 6.95. The van der Waals surface area contributed by atoms with E-state index in [0.29, 0.717) is 39.0 Å². The summed E-state index contributed by atoms with van der Waals surface area (Å²) in [6.07, 6.45) is 1.75. The third kappa shape index (κ3) is 6.72. The first kappa shape index (κ1) is 26.0. The Morgan fingerprint density at radius 2 is 1.94 bits per heavy atom. The van der Waals surface area contributed by atoms with Crippen molar-refractivity contribution in [3.8, 4) is 5.75 Å². The van der Waals surface area contributed by atoms with Gasteiger partial charge in [-0.3, -0.25) is 14.4 Å². The second-order valence-electron chi connectivity index (χ2n) is 10.6. The summed E-state index contributed by atoms with van der Waals surface area (Å²) < 4.78 is 5.37. The van der Waals surface area contributed by atoms with Crippen LogP contribution in [0.3, 0.4) is 0 Å². The van der Waals surface area contributed by atoms with Crippen molar-refractivity contribution in [1.29, 1.82) is 0 Å². The van der Waals surface area contributed by atoms with Crippen LogP contribution in [0.2, 0.25) is 0 Å². The van der Waals surface area contributed by atoms with Gasteiger partial charge in [0.2, 0.25) is 17.7 Å². The van der Waals surface area contributed by atoms with Gasteiger partial charge in [-0.15, -0.1) is 0 Å². The molecule has 8 heteroatoms. The number of methoxy groups -OCH3 is 1. The lowest BCUT2D eigenvalue weighted by atomic mass is 9.91. The number of hydrogen-bond donors (Lipinski definition) is 1. The van der Waals surface area contributed by atoms with Crippen LogP contribution in [0.1, 0.15) is 52.5 Å². The van der Waals surface area contributed by atoms with E-state index < -0.39 is 6.04 Å². The second kappa shape index (κ2) is 11.2. The molecule has 0 saturated carbocycles. The molecular weight excluding hydrogens is 432 g/mol. The highest BCUT2D eigenvalue weighted by Gasteiger charge is 2.43. The Balaban J connectivity index is 1.85. The number of rotatable bonds is 6. The molecule has 3 rings (SSSR count). The van der Waals surface area contributed by atoms with Crippen LogP contribution in [0.25, 0.3) is 0 Å². The molecule has 2 aliphatic heterocycles. The summed E-state index contributed by atoms with van der Waals surface area (Å²) in [5, 5.41) is 3.32. The van der Waals surface area contributed by atoms with E-state index in [9.17, 15) is 14.4 Å². The van der Waals surface area contributed by atoms with Crippen molar-refractivity contribution in [3.05, 3.63) is 29.8 Å². The lowest BCUT2D eigenvalue weighted by molar-refractivity contribution is -0.142. The van der Waals surface area contributed by atoms with Crippen LogP contribution in [0, 0.1) is 5.41 Å². The number of carbonyl (C=O) groups is 3. The Morgan fingerprint density at radius 3 is 2.62 bits per heavy atom. The molecule has 2 unspecified atom stereocenters. The third-order valence-electron chi connectivity index (χ3n) is 6.55. The molecule has 2 heterocycles. The number of nitrogens with zero attached hydrogens (tertiary/aromatic N) is 3. The second-order valence-corrected chi connectivity index (χ2v) is 10.6. The van der Waals surface area contributed by atoms with Gasteiger partial charge in [0.25, 0.3) is 0 Å². The van der Waals surface area contributed by atoms with Gasteiger partial charge in [0, 0.05) is 46.1 Å². The lowest BCUT2D eigenvalue weighted by Gasteiger charge is -2.32. The number of benzene rings is 1. The minimum absolute atomic E-state index is 0.00833. The normalized spacial score (nSPS) is 21.2. The molecule has 3 amide bonds. The van der Waals surface area contributed by atoms with E-state index in [1.165, 1.54) is 6.92 Å². The Kier molecular flexibility index (Phi) is 8.57. The smallest absolute Gasteiger partial charge is 0.245 e. The zero-order valence-corrected chi connectivity index (χ0v) is 21.3. The Morgan fingerprint density at radius 1 is 1.18 bits per heavy atom. The van der Waals surface area contributed by atoms with E-state index in [1.54, 1.807) is 12.0 Å². The first-order valence-corrected chi connectivity index (χ1v) is 12.3. The molecule has 1 N–H and O–H groups in total. The molecular formula is C26H40N4O4. The fourth-order valence-corrected chi connectivity index (χ4v) is 4.84. The lowest BCUT2D eigenvalue weighted by Crippen LogP contribution is -2.48. The average molecular weight is 473 g/mol. The van der Waals surface area contributed by atoms with Crippen molar-refractivity contribution in [2.24, 2.45) is 5.41 Å². The maximum atomic E-state index is 13.5. The van der Waals surface area contributed by atoms with Gasteiger partial charge in [-0.1, -0.05) is 32.9 Å². The van der Waals surface area contributed by atoms with Crippen molar-refractivity contribution < 1.29 is 19.1 Å². The minimum atomic E-state index is -0.532. The van der Waals surface area contributed by atoms with Crippen LogP contribution in [0.5, 0.6) is 5.75 Å². The summed E-state index contributed by atoms with van der Waals surface area (Å²) in [5.74, 6) is 0.639. The SMILES string of the molecule is COc1cccc(CN(C(=O)CC(C)(C)C)C2CC(C(=O)N3CCCNCC3)N(C(C)=O)C2)c1. The van der Waals surface area contributed by atoms with Gasteiger partial charge in [0.15, 0.2) is 0 Å². The summed E-state index contributed by atoms with van der Waals surface area (Å²) in [7, 11) is 1.62. The Labute approximate surface area is 203 Å². The third-order valence-corrected chi connectivity index (χ3v) is 6.55. The van der Waals surface area contributed by atoms with Gasteiger partial charge in [-0.2, -0.15) is 0 Å². The van der Waals surface area contributed by atoms with Crippen molar-refractivity contribution in [2.75, 3.05) is 39.8 Å². The molecule has 1 aromatic carbocycles. The maximum Gasteiger partial charge on any atom is 0.245 e. The molecule has 34 heavy (non-hydrogen) atoms. The van der Waals surface area contributed by atoms with Crippen molar-refractivity contribution in [3.63, 3.8) is 0 Å². The fraction of sp³-hybridized carbons (Fsp3) is 0.654. The summed E-state index contributed by atoms with van der Waals surface area (Å²) in [6.45, 7) is 11.4. The first-order chi connectivity index (χ1) is 16.1. The summed E-state index contributed by atoms with van der Waals surface area (Å²) in [5.41, 5.74) is 0.793. The highest BCUT2D eigenvalue weighted by atomic mass is 16.5. The number of likely N-dealkylation sites (tertiary alicyclic amines) is 1. The molecule has 0 bridgehead atoms. The van der Waals surface area contributed by atoms with Gasteiger partial charge in [0.05, 0.1) is 13.2 Å². The van der Waals surface area contributed by atoms with Gasteiger partial charge in [0.1, 0.15) is 11.8 Å². The number of amides is 3. The van der Waals surface area contributed by atoms with E-state index in [1.807, 2.05) is 54.8 Å². The molecule has 0 aromatic heterocycles. The molecule has 2 atom stereocenters. The number of nitrogens with one attached hydrogen (secondary N) is 1. The summed E-state index contributed by atoms with van der Waals surface area (Å²) >= 11 is 0. The average Bonchev–Trinajstić information content (AvgIpc) is 3.04. The van der Waals surface area contributed by atoms with E-state index in [0.717, 1.165) is 30.8 Å². The van der Waals surface area contributed by atoms with E-state index in [2.05, 4.69) is 5.32 Å². The predicted molar refractivity (Wildman–Crippen MR) is 131 cm³/mol. The molecule has 0 spiro atoms. The van der Waals surface area contributed by atoms with Crippen LogP contribution < -0.4 is 10.1 Å². The zero-order chi connectivity index (χ0) is 24.9. The molecule has 188 valence electrons. The highest BCUT2D eigenvalue weighted by molar-refractivity contribution is 5.88. The maximum absolute atomic E-state index is 13.5. The monoisotopic (exact) mass is 472 g/mol. The van der Waals surface area contributed by atoms with E-state index in [4.69, 9.17) is 4.74 Å². The van der Waals surface area contributed by atoms with Gasteiger partial charge in [-0.25, -0.2) is 0 Å². The largest absolute Gasteiger partial charge is 0.497 e. The van der Waals surface area contributed by atoms with E-state index in [-0.39, 0.29) is 29.2 Å². The molecule has 0 aliphatic carbocycles. The Bertz CT molecular complexity index is 874. The van der Waals surface area contributed by atoms with E-state index >= 15 is 0 Å². The number of carbonyl (C=O) groups excluding carboxylic acids is 3. The number of ether oxygens (including phenoxy) is 1. The minimum Gasteiger partial charge on any atom is -0.497 e. The van der Waals surface area contributed by atoms with Crippen LogP contribution >= 0.6 is 0 Å². The highest BCUT2D eigenvalue weighted by Crippen LogP contribution is 2.29. The van der Waals surface area contributed by atoms with Crippen LogP contribution in [0.4, 0.5) is 0 Å². The molecule has 2 aliphatic rings. The van der Waals surface area contributed by atoms with Crippen LogP contribution in [-0.4, -0.2) is 84.3 Å². The van der Waals surface area contributed by atoms with Crippen molar-refractivity contribution >= 4 is 17.7 Å². The van der Waals surface area contributed by atoms with Crippen LogP contribution in [-0.2, 0) is 20.9 Å². The molecule has 2 fully saturated rings. The number of hydrogen-bond acceptors (Lipinski definition) is 5. The van der Waals surface area contributed by atoms with Gasteiger partial charge in [-0.05, 0) is 42.5 Å². The first-order valence-electron chi connectivity index (χ1n) is 12.3. The van der Waals surface area contributed by atoms with Crippen molar-refractivity contribution in [2.45, 2.75) is 65.6 Å². The summed E-state index contributed by atoms with van der Waals surface area (Å²) in [4.78, 5) is 44.9. The zero-order valence-electron chi connectivity index (χ0n) is 21.3. The topological polar surface area (TPSA) is 82.2 Å². The molecule has 0 radical (unpaired) electrons. The standard InChI is InChI=1S/C26H40N4O4/c1-19(31)29-18-21(15-23(29)25(33)28-12-7-10-27-11-13-28)30(24(32)16-26(2,3)4)17-20-8-6-9-22(14-20)34-5/h6,8-9,14,21,23,27H,7,10-13,15-18H2,1-5H3. The quantitative estimate of drug-likeness (QED) is 0.687. The molecule has 1 aromatic rings. The van der Waals surface area contributed by atoms with Crippen LogP contribution in [0.15, 0.2) is 24.3 Å². The fourth-order valence-electron chi connectivity index (χ4n) is 4.84. The molecule has 2 saturated heterocycles. The van der Waals surface area contributed by atoms with Crippen molar-refractivity contribution in [1.82, 2.24) is 20.0 Å². The predicted octanol–water partition coefficient (Wildman–Crippen LogP) is 2.27.